The Labute approximate surface area is 459 Å². The first-order valence-corrected chi connectivity index (χ1v) is 23.6. The van der Waals surface area contributed by atoms with Crippen molar-refractivity contribution in [3.63, 3.8) is 0 Å². The first-order chi connectivity index (χ1) is 38.2. The number of aromatic hydroxyl groups is 15. The van der Waals surface area contributed by atoms with E-state index in [0.717, 1.165) is 9.13 Å². The van der Waals surface area contributed by atoms with E-state index in [0.29, 0.717) is 16.2 Å². The fourth-order valence-electron chi connectivity index (χ4n) is 11.4. The van der Waals surface area contributed by atoms with Gasteiger partial charge in [-0.2, -0.15) is 9.97 Å². The standard InChI is InChI=1S/C53H26B7N5O16/c1-8-31-21(39(69)28(58)36(8)66)22-34(64(31)32-9(2)37(67)46(76)30(60)44(32)74)33-19(25(55)38(22)68)20-35(48(78)50(80)49(79)41(20)71)65(33)53-62-51(61-52(63-53)23-26(56)43(73)29(59)47(77)42(23)72)10-6-12-16-14(7-10)81-13-5-3-4-11(15(13)16)18-17(12)24(54)27(57)45(75)40(18)70/h3-7,66-80H,1-2H3. The summed E-state index contributed by atoms with van der Waals surface area (Å²) in [7, 11) is 44.6. The normalized spacial score (nSPS) is 12.2. The fourth-order valence-corrected chi connectivity index (χ4v) is 11.4. The highest BCUT2D eigenvalue weighted by Gasteiger charge is 2.37. The molecule has 0 unspecified atom stereocenters. The van der Waals surface area contributed by atoms with Crippen molar-refractivity contribution in [2.75, 3.05) is 0 Å². The summed E-state index contributed by atoms with van der Waals surface area (Å²) in [4.78, 5) is 14.1. The van der Waals surface area contributed by atoms with Crippen LogP contribution in [0.5, 0.6) is 86.2 Å². The van der Waals surface area contributed by atoms with Gasteiger partial charge in [0.15, 0.2) is 51.9 Å². The lowest BCUT2D eigenvalue weighted by molar-refractivity contribution is 0.350. The van der Waals surface area contributed by atoms with Crippen molar-refractivity contribution in [3.05, 3.63) is 41.5 Å². The molecule has 0 fully saturated rings. The molecule has 0 aliphatic rings. The van der Waals surface area contributed by atoms with E-state index >= 15 is 0 Å². The molecule has 0 saturated carbocycles. The summed E-state index contributed by atoms with van der Waals surface area (Å²) in [5.74, 6) is -17.2. The number of hydrogen-bond acceptors (Lipinski definition) is 19. The highest BCUT2D eigenvalue weighted by Crippen LogP contribution is 2.57. The van der Waals surface area contributed by atoms with Gasteiger partial charge in [-0.05, 0) is 75.5 Å². The number of fused-ring (bicyclic) bond motifs is 10. The van der Waals surface area contributed by atoms with Crippen LogP contribution in [0, 0.1) is 13.8 Å². The summed E-state index contributed by atoms with van der Waals surface area (Å²) in [6.45, 7) is 2.51. The van der Waals surface area contributed by atoms with Gasteiger partial charge in [-0.25, -0.2) is 4.98 Å². The third-order valence-electron chi connectivity index (χ3n) is 15.3. The van der Waals surface area contributed by atoms with Crippen LogP contribution < -0.4 is 38.2 Å². The number of hydrogen-bond donors (Lipinski definition) is 15. The van der Waals surface area contributed by atoms with Crippen molar-refractivity contribution in [1.82, 2.24) is 24.1 Å². The average Bonchev–Trinajstić information content (AvgIpc) is 4.12. The quantitative estimate of drug-likeness (QED) is 0.0502. The second-order valence-electron chi connectivity index (χ2n) is 19.4. The molecule has 0 bridgehead atoms. The molecule has 4 heterocycles. The van der Waals surface area contributed by atoms with E-state index in [2.05, 4.69) is 9.97 Å². The molecule has 0 atom stereocenters. The maximum Gasteiger partial charge on any atom is 0.239 e. The van der Waals surface area contributed by atoms with E-state index in [1.165, 1.54) is 26.0 Å². The number of phenols is 15. The molecular weight excluding hydrogens is 1040 g/mol. The first kappa shape index (κ1) is 50.1. The Kier molecular flexibility index (Phi) is 9.98. The number of rotatable bonds is 4. The van der Waals surface area contributed by atoms with Gasteiger partial charge < -0.3 is 85.6 Å². The van der Waals surface area contributed by atoms with Crippen LogP contribution in [0.2, 0.25) is 0 Å². The SMILES string of the molecule is [B]c1c(O)c([B])c(-c2nc(-c3cc4oc5cccc6c7c(O)c(O)c([B])c([B])c7c(c3)c4c56)nc(-n3c4c(O)c(O)c(O)c(O)c4c4c([B])c(O)c5c6c(O)c([B])c(O)c(C)c6n(-c6c(C)c(O)c(O)c([B])c6O)c5c43)n2)c(O)c1O. The van der Waals surface area contributed by atoms with Gasteiger partial charge in [-0.15, -0.1) is 0 Å². The van der Waals surface area contributed by atoms with E-state index in [-0.39, 0.29) is 55.0 Å². The van der Waals surface area contributed by atoms with Crippen LogP contribution in [0.1, 0.15) is 11.1 Å². The number of nitrogens with zero attached hydrogens (tertiary/aromatic N) is 5. The molecular formula is C53H26B7N5O16. The molecule has 0 saturated heterocycles. The van der Waals surface area contributed by atoms with Crippen LogP contribution in [0.25, 0.3) is 122 Å². The topological polar surface area (TPSA) is 365 Å². The van der Waals surface area contributed by atoms with Gasteiger partial charge in [0.2, 0.25) is 17.4 Å². The van der Waals surface area contributed by atoms with Crippen molar-refractivity contribution in [1.29, 1.82) is 0 Å². The number of phenolic OH excluding ortho intramolecular Hbond substituents is 15. The molecule has 15 N–H and O–H groups in total. The Hall–Kier alpha value is -10.4. The molecule has 81 heavy (non-hydrogen) atoms. The smallest absolute Gasteiger partial charge is 0.239 e. The second kappa shape index (κ2) is 16.1. The molecule has 4 aromatic heterocycles. The molecule has 28 heteroatoms. The maximum atomic E-state index is 12.5. The average molecular weight is 1060 g/mol. The van der Waals surface area contributed by atoms with Gasteiger partial charge in [0.05, 0.1) is 44.0 Å². The van der Waals surface area contributed by atoms with Crippen LogP contribution in [0.15, 0.2) is 34.7 Å². The van der Waals surface area contributed by atoms with E-state index in [9.17, 15) is 76.6 Å². The maximum absolute atomic E-state index is 12.5. The molecule has 380 valence electrons. The number of furan rings is 1. The van der Waals surface area contributed by atoms with Crippen LogP contribution in [0.3, 0.4) is 0 Å². The molecule has 9 aromatic carbocycles. The monoisotopic (exact) mass is 1070 g/mol. The van der Waals surface area contributed by atoms with E-state index in [1.807, 2.05) is 0 Å². The van der Waals surface area contributed by atoms with Crippen molar-refractivity contribution in [2.45, 2.75) is 13.8 Å². The van der Waals surface area contributed by atoms with Crippen LogP contribution in [0.4, 0.5) is 0 Å². The summed E-state index contributed by atoms with van der Waals surface area (Å²) < 4.78 is 8.26. The summed E-state index contributed by atoms with van der Waals surface area (Å²) in [6.07, 6.45) is 0. The van der Waals surface area contributed by atoms with Crippen molar-refractivity contribution in [2.24, 2.45) is 0 Å². The molecule has 0 spiro atoms. The third kappa shape index (κ3) is 5.93. The lowest BCUT2D eigenvalue weighted by Crippen LogP contribution is -2.27. The number of aromatic nitrogens is 5. The van der Waals surface area contributed by atoms with Gasteiger partial charge in [0.1, 0.15) is 106 Å². The number of aryl methyl sites for hydroxylation is 1. The summed E-state index contributed by atoms with van der Waals surface area (Å²) in [5, 5.41) is 173. The third-order valence-corrected chi connectivity index (χ3v) is 15.3. The fraction of sp³-hybridized carbons (Fsp3) is 0.0377. The molecule has 14 radical (unpaired) electrons. The van der Waals surface area contributed by atoms with E-state index in [4.69, 9.17) is 64.3 Å². The van der Waals surface area contributed by atoms with Crippen molar-refractivity contribution in [3.8, 4) is 121 Å². The lowest BCUT2D eigenvalue weighted by Gasteiger charge is -2.20. The first-order valence-electron chi connectivity index (χ1n) is 23.6. The number of benzene rings is 9. The van der Waals surface area contributed by atoms with Gasteiger partial charge in [-0.3, -0.25) is 4.57 Å². The Morgan fingerprint density at radius 3 is 1.62 bits per heavy atom. The highest BCUT2D eigenvalue weighted by atomic mass is 16.4. The Balaban J connectivity index is 1.31. The summed E-state index contributed by atoms with van der Waals surface area (Å²) in [5.41, 5.74) is -7.88. The second-order valence-corrected chi connectivity index (χ2v) is 19.4. The molecule has 0 aliphatic carbocycles. The Morgan fingerprint density at radius 1 is 0.358 bits per heavy atom. The van der Waals surface area contributed by atoms with Crippen LogP contribution in [-0.2, 0) is 0 Å². The minimum atomic E-state index is -1.37. The molecule has 0 aliphatic heterocycles. The molecule has 13 aromatic rings. The van der Waals surface area contributed by atoms with Crippen molar-refractivity contribution >= 4 is 180 Å². The van der Waals surface area contributed by atoms with E-state index < -0.39 is 186 Å². The Bertz CT molecular complexity index is 5140. The van der Waals surface area contributed by atoms with Crippen LogP contribution in [-0.4, -0.2) is 156 Å². The van der Waals surface area contributed by atoms with Crippen molar-refractivity contribution < 1.29 is 81.0 Å². The minimum absolute atomic E-state index is 0.0462. The summed E-state index contributed by atoms with van der Waals surface area (Å²) in [6, 6.07) is 7.81. The predicted molar refractivity (Wildman–Crippen MR) is 305 cm³/mol. The zero-order chi connectivity index (χ0) is 58.1. The van der Waals surface area contributed by atoms with E-state index in [1.54, 1.807) is 18.2 Å². The minimum Gasteiger partial charge on any atom is -0.509 e. The zero-order valence-corrected chi connectivity index (χ0v) is 41.3. The largest absolute Gasteiger partial charge is 0.509 e. The molecule has 13 rings (SSSR count). The summed E-state index contributed by atoms with van der Waals surface area (Å²) >= 11 is 0. The van der Waals surface area contributed by atoms with Gasteiger partial charge >= 0.3 is 0 Å². The molecule has 21 nitrogen and oxygen atoms in total. The Morgan fingerprint density at radius 2 is 0.914 bits per heavy atom. The van der Waals surface area contributed by atoms with Gasteiger partial charge in [-0.1, -0.05) is 23.1 Å². The zero-order valence-electron chi connectivity index (χ0n) is 41.3. The van der Waals surface area contributed by atoms with Gasteiger partial charge in [0.25, 0.3) is 0 Å². The highest BCUT2D eigenvalue weighted by molar-refractivity contribution is 6.57. The predicted octanol–water partition coefficient (Wildman–Crippen LogP) is 0.801. The van der Waals surface area contributed by atoms with Crippen LogP contribution >= 0.6 is 0 Å². The molecule has 0 amide bonds. The lowest BCUT2D eigenvalue weighted by atomic mass is 9.74. The van der Waals surface area contributed by atoms with Gasteiger partial charge in [0, 0.05) is 38.2 Å².